The average molecular weight is 442 g/mol. The van der Waals surface area contributed by atoms with E-state index in [2.05, 4.69) is 40.1 Å². The van der Waals surface area contributed by atoms with Crippen LogP contribution in [0.1, 0.15) is 27.2 Å². The zero-order chi connectivity index (χ0) is 19.3. The number of fused-ring (bicyclic) bond motifs is 1. The first kappa shape index (κ1) is 20.9. The normalized spacial score (nSPS) is 12.5. The van der Waals surface area contributed by atoms with Gasteiger partial charge in [0.15, 0.2) is 5.16 Å². The van der Waals surface area contributed by atoms with Crippen molar-refractivity contribution in [2.75, 3.05) is 12.3 Å². The molecule has 142 valence electrons. The predicted octanol–water partition coefficient (Wildman–Crippen LogP) is 2.79. The van der Waals surface area contributed by atoms with Crippen LogP contribution in [0.2, 0.25) is 0 Å². The van der Waals surface area contributed by atoms with E-state index < -0.39 is 6.10 Å². The zero-order valence-electron chi connectivity index (χ0n) is 15.2. The molecule has 1 heterocycles. The summed E-state index contributed by atoms with van der Waals surface area (Å²) in [5.41, 5.74) is 0.350. The molecule has 8 heteroatoms. The highest BCUT2D eigenvalue weighted by atomic mass is 79.9. The van der Waals surface area contributed by atoms with Crippen LogP contribution in [0.4, 0.5) is 0 Å². The lowest BCUT2D eigenvalue weighted by molar-refractivity contribution is -0.118. The molecule has 0 bridgehead atoms. The molecule has 2 rings (SSSR count). The monoisotopic (exact) mass is 441 g/mol. The minimum Gasteiger partial charge on any atom is -0.392 e. The van der Waals surface area contributed by atoms with Crippen molar-refractivity contribution < 1.29 is 9.90 Å². The van der Waals surface area contributed by atoms with Crippen LogP contribution in [0.3, 0.4) is 0 Å². The SMILES string of the molecule is CC(C)CCNC(=O)CSc1nc2ccc(Br)cc2c(=O)n1C[C@@H](C)O. The summed E-state index contributed by atoms with van der Waals surface area (Å²) in [6, 6.07) is 5.30. The highest BCUT2D eigenvalue weighted by molar-refractivity contribution is 9.10. The van der Waals surface area contributed by atoms with Gasteiger partial charge in [-0.05, 0) is 37.5 Å². The van der Waals surface area contributed by atoms with Gasteiger partial charge in [-0.15, -0.1) is 0 Å². The summed E-state index contributed by atoms with van der Waals surface area (Å²) in [6.45, 7) is 6.59. The highest BCUT2D eigenvalue weighted by Gasteiger charge is 2.15. The molecule has 2 aromatic rings. The Morgan fingerprint density at radius 3 is 2.77 bits per heavy atom. The summed E-state index contributed by atoms with van der Waals surface area (Å²) < 4.78 is 2.23. The molecule has 0 saturated heterocycles. The fourth-order valence-corrected chi connectivity index (χ4v) is 3.59. The van der Waals surface area contributed by atoms with Gasteiger partial charge >= 0.3 is 0 Å². The Bertz CT molecular complexity index is 836. The van der Waals surface area contributed by atoms with Crippen molar-refractivity contribution in [1.82, 2.24) is 14.9 Å². The van der Waals surface area contributed by atoms with E-state index in [1.165, 1.54) is 16.3 Å². The molecule has 2 N–H and O–H groups in total. The van der Waals surface area contributed by atoms with Crippen LogP contribution in [-0.4, -0.2) is 39.0 Å². The fourth-order valence-electron chi connectivity index (χ4n) is 2.39. The first-order valence-electron chi connectivity index (χ1n) is 8.55. The first-order chi connectivity index (χ1) is 12.3. The number of aliphatic hydroxyl groups is 1. The third-order valence-corrected chi connectivity index (χ3v) is 5.17. The Balaban J connectivity index is 2.23. The van der Waals surface area contributed by atoms with E-state index in [0.29, 0.717) is 28.5 Å². The second-order valence-electron chi connectivity index (χ2n) is 6.64. The summed E-state index contributed by atoms with van der Waals surface area (Å²) in [5, 5.41) is 13.5. The molecular weight excluding hydrogens is 418 g/mol. The summed E-state index contributed by atoms with van der Waals surface area (Å²) in [7, 11) is 0. The topological polar surface area (TPSA) is 84.2 Å². The van der Waals surface area contributed by atoms with E-state index in [0.717, 1.165) is 10.9 Å². The van der Waals surface area contributed by atoms with Gasteiger partial charge in [0.05, 0.1) is 29.3 Å². The van der Waals surface area contributed by atoms with Gasteiger partial charge < -0.3 is 10.4 Å². The second kappa shape index (κ2) is 9.53. The fraction of sp³-hybridized carbons (Fsp3) is 0.500. The lowest BCUT2D eigenvalue weighted by atomic mass is 10.1. The molecule has 0 spiro atoms. The number of aromatic nitrogens is 2. The van der Waals surface area contributed by atoms with E-state index in [1.54, 1.807) is 19.1 Å². The van der Waals surface area contributed by atoms with Crippen molar-refractivity contribution in [2.24, 2.45) is 5.92 Å². The Hall–Kier alpha value is -1.38. The van der Waals surface area contributed by atoms with Crippen LogP contribution in [0, 0.1) is 5.92 Å². The molecule has 26 heavy (non-hydrogen) atoms. The molecule has 1 aromatic carbocycles. The van der Waals surface area contributed by atoms with Crippen molar-refractivity contribution in [1.29, 1.82) is 0 Å². The van der Waals surface area contributed by atoms with Gasteiger partial charge in [-0.2, -0.15) is 0 Å². The third kappa shape index (κ3) is 5.82. The number of carbonyl (C=O) groups excluding carboxylic acids is 1. The van der Waals surface area contributed by atoms with Gasteiger partial charge in [-0.3, -0.25) is 14.2 Å². The van der Waals surface area contributed by atoms with Crippen molar-refractivity contribution in [3.8, 4) is 0 Å². The molecular formula is C18H24BrN3O3S. The van der Waals surface area contributed by atoms with Gasteiger partial charge in [0.1, 0.15) is 0 Å². The molecule has 0 radical (unpaired) electrons. The lowest BCUT2D eigenvalue weighted by Crippen LogP contribution is -2.30. The number of rotatable bonds is 8. The highest BCUT2D eigenvalue weighted by Crippen LogP contribution is 2.20. The molecule has 0 unspecified atom stereocenters. The van der Waals surface area contributed by atoms with Crippen molar-refractivity contribution in [3.63, 3.8) is 0 Å². The van der Waals surface area contributed by atoms with E-state index in [4.69, 9.17) is 0 Å². The minimum absolute atomic E-state index is 0.0931. The standard InChI is InChI=1S/C18H24BrN3O3S/c1-11(2)6-7-20-16(24)10-26-18-21-15-5-4-13(19)8-14(15)17(25)22(18)9-12(3)23/h4-5,8,11-12,23H,6-7,9-10H2,1-3H3,(H,20,24)/t12-/m1/s1. The maximum atomic E-state index is 12.8. The maximum absolute atomic E-state index is 12.8. The summed E-state index contributed by atoms with van der Waals surface area (Å²) in [4.78, 5) is 29.4. The summed E-state index contributed by atoms with van der Waals surface area (Å²) in [5.74, 6) is 0.608. The predicted molar refractivity (Wildman–Crippen MR) is 109 cm³/mol. The van der Waals surface area contributed by atoms with Crippen LogP contribution in [0.15, 0.2) is 32.6 Å². The molecule has 1 atom stereocenters. The number of carbonyl (C=O) groups is 1. The number of thioether (sulfide) groups is 1. The number of amides is 1. The van der Waals surface area contributed by atoms with Crippen LogP contribution >= 0.6 is 27.7 Å². The van der Waals surface area contributed by atoms with E-state index in [-0.39, 0.29) is 23.8 Å². The van der Waals surface area contributed by atoms with Crippen molar-refractivity contribution in [2.45, 2.75) is 45.0 Å². The van der Waals surface area contributed by atoms with E-state index in [1.807, 2.05) is 6.07 Å². The quantitative estimate of drug-likeness (QED) is 0.485. The van der Waals surface area contributed by atoms with Gasteiger partial charge in [-0.1, -0.05) is 41.5 Å². The molecule has 0 aliphatic heterocycles. The van der Waals surface area contributed by atoms with Gasteiger partial charge in [0, 0.05) is 11.0 Å². The number of nitrogens with one attached hydrogen (secondary N) is 1. The number of aliphatic hydroxyl groups excluding tert-OH is 1. The molecule has 0 fully saturated rings. The number of hydrogen-bond donors (Lipinski definition) is 2. The van der Waals surface area contributed by atoms with Crippen LogP contribution in [0.5, 0.6) is 0 Å². The van der Waals surface area contributed by atoms with E-state index >= 15 is 0 Å². The Morgan fingerprint density at radius 1 is 1.38 bits per heavy atom. The molecule has 0 saturated carbocycles. The Labute approximate surface area is 165 Å². The molecule has 6 nitrogen and oxygen atoms in total. The largest absolute Gasteiger partial charge is 0.392 e. The van der Waals surface area contributed by atoms with Crippen molar-refractivity contribution in [3.05, 3.63) is 33.0 Å². The van der Waals surface area contributed by atoms with Gasteiger partial charge in [-0.25, -0.2) is 4.98 Å². The number of nitrogens with zero attached hydrogens (tertiary/aromatic N) is 2. The second-order valence-corrected chi connectivity index (χ2v) is 8.50. The lowest BCUT2D eigenvalue weighted by Gasteiger charge is -2.14. The number of hydrogen-bond acceptors (Lipinski definition) is 5. The smallest absolute Gasteiger partial charge is 0.262 e. The third-order valence-electron chi connectivity index (χ3n) is 3.70. The van der Waals surface area contributed by atoms with Crippen molar-refractivity contribution >= 4 is 44.5 Å². The average Bonchev–Trinajstić information content (AvgIpc) is 2.56. The number of benzene rings is 1. The summed E-state index contributed by atoms with van der Waals surface area (Å²) >= 11 is 4.57. The van der Waals surface area contributed by atoms with Crippen LogP contribution in [-0.2, 0) is 11.3 Å². The molecule has 0 aliphatic carbocycles. The van der Waals surface area contributed by atoms with E-state index in [9.17, 15) is 14.7 Å². The minimum atomic E-state index is -0.696. The maximum Gasteiger partial charge on any atom is 0.262 e. The Morgan fingerprint density at radius 2 is 2.12 bits per heavy atom. The van der Waals surface area contributed by atoms with Crippen LogP contribution < -0.4 is 10.9 Å². The first-order valence-corrected chi connectivity index (χ1v) is 10.3. The summed E-state index contributed by atoms with van der Waals surface area (Å²) in [6.07, 6.45) is 0.227. The molecule has 0 aliphatic rings. The van der Waals surface area contributed by atoms with Gasteiger partial charge in [0.25, 0.3) is 5.56 Å². The molecule has 1 amide bonds. The molecule has 1 aromatic heterocycles. The van der Waals surface area contributed by atoms with Gasteiger partial charge in [0.2, 0.25) is 5.91 Å². The zero-order valence-corrected chi connectivity index (χ0v) is 17.6. The Kier molecular flexibility index (Phi) is 7.67. The van der Waals surface area contributed by atoms with Crippen LogP contribution in [0.25, 0.3) is 10.9 Å². The number of halogens is 1.